The lowest BCUT2D eigenvalue weighted by atomic mass is 10.0. The maximum atomic E-state index is 11.8. The number of hydrogen-bond donors (Lipinski definition) is 0. The molecule has 2 heterocycles. The second-order valence-corrected chi connectivity index (χ2v) is 5.44. The van der Waals surface area contributed by atoms with Crippen LogP contribution in [0.4, 0.5) is 5.69 Å². The highest BCUT2D eigenvalue weighted by Gasteiger charge is 2.22. The number of carbonyl (C=O) groups excluding carboxylic acids is 1. The number of fused-ring (bicyclic) bond motifs is 1. The van der Waals surface area contributed by atoms with Crippen molar-refractivity contribution in [3.63, 3.8) is 0 Å². The molecule has 1 aromatic rings. The van der Waals surface area contributed by atoms with E-state index in [0.29, 0.717) is 6.42 Å². The standard InChI is InChI=1S/C15H20N2O/c1-16-8-2-4-12-10-14(7-6-13(12)11-16)17-9-3-5-15(17)18/h6-7,10H,2-5,8-9,11H2,1H3. The number of nitrogens with zero attached hydrogens (tertiary/aromatic N) is 2. The summed E-state index contributed by atoms with van der Waals surface area (Å²) in [6, 6.07) is 6.55. The zero-order valence-electron chi connectivity index (χ0n) is 11.0. The van der Waals surface area contributed by atoms with Crippen LogP contribution in [0.1, 0.15) is 30.4 Å². The molecular weight excluding hydrogens is 224 g/mol. The van der Waals surface area contributed by atoms with Crippen molar-refractivity contribution in [2.75, 3.05) is 25.0 Å². The fraction of sp³-hybridized carbons (Fsp3) is 0.533. The van der Waals surface area contributed by atoms with Crippen molar-refractivity contribution in [3.8, 4) is 0 Å². The lowest BCUT2D eigenvalue weighted by molar-refractivity contribution is -0.117. The first-order valence-electron chi connectivity index (χ1n) is 6.85. The predicted molar refractivity (Wildman–Crippen MR) is 72.7 cm³/mol. The minimum absolute atomic E-state index is 0.278. The van der Waals surface area contributed by atoms with E-state index in [-0.39, 0.29) is 5.91 Å². The van der Waals surface area contributed by atoms with Crippen molar-refractivity contribution >= 4 is 11.6 Å². The first kappa shape index (κ1) is 11.7. The summed E-state index contributed by atoms with van der Waals surface area (Å²) in [5.41, 5.74) is 3.95. The molecule has 1 aromatic carbocycles. The Hall–Kier alpha value is -1.35. The molecule has 1 amide bonds. The van der Waals surface area contributed by atoms with Gasteiger partial charge >= 0.3 is 0 Å². The summed E-state index contributed by atoms with van der Waals surface area (Å²) < 4.78 is 0. The van der Waals surface area contributed by atoms with E-state index in [0.717, 1.165) is 38.2 Å². The van der Waals surface area contributed by atoms with Crippen LogP contribution in [0.2, 0.25) is 0 Å². The molecule has 96 valence electrons. The van der Waals surface area contributed by atoms with Crippen molar-refractivity contribution in [1.29, 1.82) is 0 Å². The van der Waals surface area contributed by atoms with Crippen molar-refractivity contribution in [3.05, 3.63) is 29.3 Å². The molecule has 3 heteroatoms. The van der Waals surface area contributed by atoms with Gasteiger partial charge in [0.05, 0.1) is 0 Å². The number of anilines is 1. The van der Waals surface area contributed by atoms with Gasteiger partial charge in [0.25, 0.3) is 0 Å². The largest absolute Gasteiger partial charge is 0.312 e. The minimum Gasteiger partial charge on any atom is -0.312 e. The maximum absolute atomic E-state index is 11.8. The van der Waals surface area contributed by atoms with E-state index in [1.165, 1.54) is 17.5 Å². The topological polar surface area (TPSA) is 23.6 Å². The monoisotopic (exact) mass is 244 g/mol. The molecule has 1 fully saturated rings. The Morgan fingerprint density at radius 2 is 1.89 bits per heavy atom. The van der Waals surface area contributed by atoms with Crippen LogP contribution in [-0.4, -0.2) is 30.9 Å². The third kappa shape index (κ3) is 2.15. The lowest BCUT2D eigenvalue weighted by Gasteiger charge is -2.18. The molecule has 3 nitrogen and oxygen atoms in total. The lowest BCUT2D eigenvalue weighted by Crippen LogP contribution is -2.23. The zero-order chi connectivity index (χ0) is 12.5. The first-order valence-corrected chi connectivity index (χ1v) is 6.85. The van der Waals surface area contributed by atoms with Crippen LogP contribution in [0.15, 0.2) is 18.2 Å². The van der Waals surface area contributed by atoms with E-state index in [1.807, 2.05) is 4.90 Å². The molecule has 0 radical (unpaired) electrons. The molecule has 0 aromatic heterocycles. The van der Waals surface area contributed by atoms with Gasteiger partial charge in [-0.25, -0.2) is 0 Å². The van der Waals surface area contributed by atoms with Crippen molar-refractivity contribution < 1.29 is 4.79 Å². The Balaban J connectivity index is 1.90. The fourth-order valence-electron chi connectivity index (χ4n) is 3.00. The first-order chi connectivity index (χ1) is 8.74. The molecule has 2 aliphatic heterocycles. The quantitative estimate of drug-likeness (QED) is 0.756. The Morgan fingerprint density at radius 3 is 2.67 bits per heavy atom. The van der Waals surface area contributed by atoms with E-state index in [2.05, 4.69) is 30.1 Å². The van der Waals surface area contributed by atoms with E-state index in [1.54, 1.807) is 0 Å². The number of benzene rings is 1. The average molecular weight is 244 g/mol. The Labute approximate surface area is 108 Å². The second kappa shape index (κ2) is 4.73. The van der Waals surface area contributed by atoms with E-state index in [9.17, 15) is 4.79 Å². The SMILES string of the molecule is CN1CCCc2cc(N3CCCC3=O)ccc2C1. The molecule has 0 atom stereocenters. The molecule has 3 rings (SSSR count). The summed E-state index contributed by atoms with van der Waals surface area (Å²) >= 11 is 0. The van der Waals surface area contributed by atoms with Crippen molar-refractivity contribution in [1.82, 2.24) is 4.90 Å². The van der Waals surface area contributed by atoms with E-state index < -0.39 is 0 Å². The van der Waals surface area contributed by atoms with Crippen LogP contribution in [-0.2, 0) is 17.8 Å². The number of hydrogen-bond acceptors (Lipinski definition) is 2. The van der Waals surface area contributed by atoms with Crippen molar-refractivity contribution in [2.45, 2.75) is 32.2 Å². The summed E-state index contributed by atoms with van der Waals surface area (Å²) in [6.07, 6.45) is 4.05. The van der Waals surface area contributed by atoms with Crippen LogP contribution in [0.3, 0.4) is 0 Å². The summed E-state index contributed by atoms with van der Waals surface area (Å²) in [4.78, 5) is 16.1. The molecule has 0 spiro atoms. The molecule has 1 saturated heterocycles. The van der Waals surface area contributed by atoms with Crippen LogP contribution < -0.4 is 4.90 Å². The van der Waals surface area contributed by atoms with Gasteiger partial charge in [-0.2, -0.15) is 0 Å². The summed E-state index contributed by atoms with van der Waals surface area (Å²) in [7, 11) is 2.17. The number of aryl methyl sites for hydroxylation is 1. The number of rotatable bonds is 1. The normalized spacial score (nSPS) is 20.9. The van der Waals surface area contributed by atoms with E-state index >= 15 is 0 Å². The van der Waals surface area contributed by atoms with Crippen LogP contribution in [0, 0.1) is 0 Å². The third-order valence-corrected chi connectivity index (χ3v) is 4.00. The van der Waals surface area contributed by atoms with Gasteiger partial charge < -0.3 is 9.80 Å². The summed E-state index contributed by atoms with van der Waals surface area (Å²) in [5.74, 6) is 0.278. The Morgan fingerprint density at radius 1 is 1.06 bits per heavy atom. The fourth-order valence-corrected chi connectivity index (χ4v) is 3.00. The van der Waals surface area contributed by atoms with Gasteiger partial charge in [-0.3, -0.25) is 4.79 Å². The smallest absolute Gasteiger partial charge is 0.227 e. The van der Waals surface area contributed by atoms with Gasteiger partial charge in [-0.15, -0.1) is 0 Å². The maximum Gasteiger partial charge on any atom is 0.227 e. The predicted octanol–water partition coefficient (Wildman–Crippen LogP) is 2.19. The van der Waals surface area contributed by atoms with Crippen molar-refractivity contribution in [2.24, 2.45) is 0 Å². The Bertz CT molecular complexity index is 470. The number of amides is 1. The van der Waals surface area contributed by atoms with Gasteiger partial charge in [0.1, 0.15) is 0 Å². The number of carbonyl (C=O) groups is 1. The molecule has 18 heavy (non-hydrogen) atoms. The van der Waals surface area contributed by atoms with Gasteiger partial charge in [-0.05, 0) is 56.1 Å². The molecular formula is C15H20N2O. The van der Waals surface area contributed by atoms with Gasteiger partial charge in [0, 0.05) is 25.2 Å². The van der Waals surface area contributed by atoms with Crippen LogP contribution in [0.5, 0.6) is 0 Å². The second-order valence-electron chi connectivity index (χ2n) is 5.44. The molecule has 0 N–H and O–H groups in total. The molecule has 0 bridgehead atoms. The molecule has 0 saturated carbocycles. The third-order valence-electron chi connectivity index (χ3n) is 4.00. The molecule has 2 aliphatic rings. The highest BCUT2D eigenvalue weighted by atomic mass is 16.2. The van der Waals surface area contributed by atoms with Crippen LogP contribution in [0.25, 0.3) is 0 Å². The van der Waals surface area contributed by atoms with Gasteiger partial charge in [0.15, 0.2) is 0 Å². The van der Waals surface area contributed by atoms with Crippen LogP contribution >= 0.6 is 0 Å². The van der Waals surface area contributed by atoms with Gasteiger partial charge in [0.2, 0.25) is 5.91 Å². The minimum atomic E-state index is 0.278. The summed E-state index contributed by atoms with van der Waals surface area (Å²) in [5, 5.41) is 0. The molecule has 0 aliphatic carbocycles. The summed E-state index contributed by atoms with van der Waals surface area (Å²) in [6.45, 7) is 3.08. The zero-order valence-corrected chi connectivity index (χ0v) is 11.0. The van der Waals surface area contributed by atoms with E-state index in [4.69, 9.17) is 0 Å². The van der Waals surface area contributed by atoms with Gasteiger partial charge in [-0.1, -0.05) is 6.07 Å². The average Bonchev–Trinajstić information content (AvgIpc) is 2.68. The highest BCUT2D eigenvalue weighted by molar-refractivity contribution is 5.95. The molecule has 0 unspecified atom stereocenters. The highest BCUT2D eigenvalue weighted by Crippen LogP contribution is 2.26. The Kier molecular flexibility index (Phi) is 3.08.